The Morgan fingerprint density at radius 3 is 2.64 bits per heavy atom. The van der Waals surface area contributed by atoms with Gasteiger partial charge in [0.15, 0.2) is 17.2 Å². The second-order valence-corrected chi connectivity index (χ2v) is 6.14. The zero-order valence-corrected chi connectivity index (χ0v) is 15.7. The van der Waals surface area contributed by atoms with Crippen LogP contribution in [-0.2, 0) is 0 Å². The first-order valence-corrected chi connectivity index (χ1v) is 8.49. The minimum atomic E-state index is -0.551. The van der Waals surface area contributed by atoms with Gasteiger partial charge in [0.25, 0.3) is 0 Å². The van der Waals surface area contributed by atoms with Crippen LogP contribution in [0.25, 0.3) is 11.5 Å². The largest absolute Gasteiger partial charge is 0.491 e. The first-order chi connectivity index (χ1) is 13.5. The van der Waals surface area contributed by atoms with Gasteiger partial charge < -0.3 is 15.4 Å². The molecule has 11 nitrogen and oxygen atoms in total. The zero-order valence-electron chi connectivity index (χ0n) is 14.2. The molecule has 142 valence electrons. The van der Waals surface area contributed by atoms with Crippen molar-refractivity contribution in [1.82, 2.24) is 34.6 Å². The maximum Gasteiger partial charge on any atom is 0.323 e. The summed E-state index contributed by atoms with van der Waals surface area (Å²) in [7, 11) is 1.45. The van der Waals surface area contributed by atoms with Gasteiger partial charge >= 0.3 is 6.03 Å². The first-order valence-electron chi connectivity index (χ1n) is 7.73. The average molecular weight is 420 g/mol. The number of carbonyl (C=O) groups excluding carboxylic acids is 1. The molecular weight excluding hydrogens is 409 g/mol. The highest BCUT2D eigenvalue weighted by Gasteiger charge is 2.15. The molecule has 0 unspecified atom stereocenters. The minimum absolute atomic E-state index is 0.250. The number of carbonyl (C=O) groups is 1. The molecule has 0 aliphatic rings. The Balaban J connectivity index is 1.53. The Morgan fingerprint density at radius 2 is 1.93 bits per heavy atom. The lowest BCUT2D eigenvalue weighted by Crippen LogP contribution is -2.20. The number of amides is 2. The Kier molecular flexibility index (Phi) is 4.67. The highest BCUT2D eigenvalue weighted by Crippen LogP contribution is 2.29. The summed E-state index contributed by atoms with van der Waals surface area (Å²) >= 11 is 12.1. The topological polar surface area (TPSA) is 124 Å². The van der Waals surface area contributed by atoms with Crippen molar-refractivity contribution in [3.63, 3.8) is 0 Å². The monoisotopic (exact) mass is 419 g/mol. The number of imidazole rings is 1. The molecule has 0 fully saturated rings. The highest BCUT2D eigenvalue weighted by molar-refractivity contribution is 6.32. The van der Waals surface area contributed by atoms with Gasteiger partial charge in [-0.25, -0.2) is 19.3 Å². The van der Waals surface area contributed by atoms with E-state index in [-0.39, 0.29) is 10.2 Å². The molecule has 4 aromatic rings. The molecule has 4 rings (SSSR count). The van der Waals surface area contributed by atoms with Gasteiger partial charge in [-0.05, 0) is 6.07 Å². The molecule has 0 saturated carbocycles. The normalized spacial score (nSPS) is 10.8. The van der Waals surface area contributed by atoms with Crippen LogP contribution in [0.5, 0.6) is 5.75 Å². The van der Waals surface area contributed by atoms with Crippen LogP contribution in [0.15, 0.2) is 37.1 Å². The van der Waals surface area contributed by atoms with Crippen LogP contribution in [-0.4, -0.2) is 47.7 Å². The lowest BCUT2D eigenvalue weighted by atomic mass is 10.4. The summed E-state index contributed by atoms with van der Waals surface area (Å²) < 4.78 is 6.77. The number of fused-ring (bicyclic) bond motifs is 1. The number of methoxy groups -OCH3 is 1. The number of hydrogen-bond acceptors (Lipinski definition) is 7. The van der Waals surface area contributed by atoms with E-state index in [1.165, 1.54) is 53.5 Å². The van der Waals surface area contributed by atoms with E-state index in [1.807, 2.05) is 0 Å². The lowest BCUT2D eigenvalue weighted by molar-refractivity contribution is 0.262. The van der Waals surface area contributed by atoms with Gasteiger partial charge in [0, 0.05) is 0 Å². The fourth-order valence-corrected chi connectivity index (χ4v) is 2.85. The summed E-state index contributed by atoms with van der Waals surface area (Å²) in [5.41, 5.74) is 1.05. The molecule has 4 aromatic heterocycles. The summed E-state index contributed by atoms with van der Waals surface area (Å²) in [4.78, 5) is 21.9. The van der Waals surface area contributed by atoms with Crippen LogP contribution >= 0.6 is 23.2 Å². The maximum atomic E-state index is 12.4. The highest BCUT2D eigenvalue weighted by atomic mass is 35.5. The van der Waals surface area contributed by atoms with Crippen molar-refractivity contribution in [3.05, 3.63) is 47.2 Å². The number of aromatic nitrogens is 7. The molecule has 0 radical (unpaired) electrons. The van der Waals surface area contributed by atoms with E-state index in [9.17, 15) is 4.79 Å². The average Bonchev–Trinajstić information content (AvgIpc) is 3.30. The number of ether oxygens (including phenoxy) is 1. The molecular formula is C15H11Cl2N9O2. The number of halogens is 2. The fourth-order valence-electron chi connectivity index (χ4n) is 2.43. The van der Waals surface area contributed by atoms with Gasteiger partial charge in [-0.15, -0.1) is 4.80 Å². The Hall–Kier alpha value is -3.44. The summed E-state index contributed by atoms with van der Waals surface area (Å²) in [6, 6.07) is 0.977. The van der Waals surface area contributed by atoms with E-state index in [4.69, 9.17) is 27.9 Å². The molecule has 0 saturated heterocycles. The summed E-state index contributed by atoms with van der Waals surface area (Å²) in [5.74, 6) is 0.651. The number of pyridine rings is 1. The van der Waals surface area contributed by atoms with Crippen LogP contribution in [0.4, 0.5) is 16.2 Å². The van der Waals surface area contributed by atoms with Gasteiger partial charge in [-0.1, -0.05) is 23.2 Å². The van der Waals surface area contributed by atoms with E-state index < -0.39 is 6.03 Å². The number of nitrogens with zero attached hydrogens (tertiary/aromatic N) is 7. The predicted octanol–water partition coefficient (Wildman–Crippen LogP) is 2.66. The van der Waals surface area contributed by atoms with Crippen molar-refractivity contribution in [3.8, 4) is 11.6 Å². The van der Waals surface area contributed by atoms with Crippen molar-refractivity contribution >= 4 is 46.3 Å². The second-order valence-electron chi connectivity index (χ2n) is 5.35. The Morgan fingerprint density at radius 1 is 1.14 bits per heavy atom. The van der Waals surface area contributed by atoms with Crippen molar-refractivity contribution in [2.75, 3.05) is 17.7 Å². The Labute approximate surface area is 167 Å². The van der Waals surface area contributed by atoms with E-state index in [2.05, 4.69) is 35.9 Å². The van der Waals surface area contributed by atoms with Crippen LogP contribution < -0.4 is 15.4 Å². The molecule has 2 amide bonds. The predicted molar refractivity (Wildman–Crippen MR) is 101 cm³/mol. The van der Waals surface area contributed by atoms with Crippen LogP contribution in [0.1, 0.15) is 0 Å². The second kappa shape index (κ2) is 7.29. The SMILES string of the molecule is COc1c(NC(=O)Nc2cnc(-n3nccn3)c(Cl)c2)cnn2cc(Cl)nc12. The summed E-state index contributed by atoms with van der Waals surface area (Å²) in [6.07, 6.45) is 7.37. The van der Waals surface area contributed by atoms with Gasteiger partial charge in [-0.2, -0.15) is 15.3 Å². The number of urea groups is 1. The van der Waals surface area contributed by atoms with Crippen molar-refractivity contribution in [1.29, 1.82) is 0 Å². The lowest BCUT2D eigenvalue weighted by Gasteiger charge is -2.12. The molecule has 0 bridgehead atoms. The van der Waals surface area contributed by atoms with E-state index in [0.717, 1.165) is 0 Å². The summed E-state index contributed by atoms with van der Waals surface area (Å²) in [6.45, 7) is 0. The van der Waals surface area contributed by atoms with E-state index in [0.29, 0.717) is 28.6 Å². The van der Waals surface area contributed by atoms with Crippen LogP contribution in [0.2, 0.25) is 10.2 Å². The zero-order chi connectivity index (χ0) is 19.7. The maximum absolute atomic E-state index is 12.4. The number of hydrogen-bond donors (Lipinski definition) is 2. The third-order valence-corrected chi connectivity index (χ3v) is 4.02. The van der Waals surface area contributed by atoms with Crippen molar-refractivity contribution in [2.45, 2.75) is 0 Å². The molecule has 0 spiro atoms. The molecule has 0 aliphatic carbocycles. The van der Waals surface area contributed by atoms with Crippen molar-refractivity contribution < 1.29 is 9.53 Å². The molecule has 4 heterocycles. The quantitative estimate of drug-likeness (QED) is 0.520. The Bertz CT molecular complexity index is 1160. The van der Waals surface area contributed by atoms with Crippen molar-refractivity contribution in [2.24, 2.45) is 0 Å². The molecule has 0 aromatic carbocycles. The molecule has 13 heteroatoms. The third kappa shape index (κ3) is 3.40. The third-order valence-electron chi connectivity index (χ3n) is 3.56. The van der Waals surface area contributed by atoms with E-state index in [1.54, 1.807) is 0 Å². The smallest absolute Gasteiger partial charge is 0.323 e. The number of anilines is 2. The molecule has 0 atom stereocenters. The minimum Gasteiger partial charge on any atom is -0.491 e. The van der Waals surface area contributed by atoms with Gasteiger partial charge in [0.05, 0.1) is 48.8 Å². The van der Waals surface area contributed by atoms with E-state index >= 15 is 0 Å². The standard InChI is InChI=1S/C15H11Cl2N9O2/c1-28-12-10(6-21-25-7-11(17)24-14(12)25)23-15(27)22-8-4-9(16)13(18-5-8)26-19-2-3-20-26/h2-7H,1H3,(H2,22,23,27). The number of nitrogens with one attached hydrogen (secondary N) is 2. The number of rotatable bonds is 4. The first kappa shape index (κ1) is 17.9. The molecule has 2 N–H and O–H groups in total. The van der Waals surface area contributed by atoms with Crippen LogP contribution in [0.3, 0.4) is 0 Å². The van der Waals surface area contributed by atoms with Gasteiger partial charge in [-0.3, -0.25) is 0 Å². The van der Waals surface area contributed by atoms with Crippen LogP contribution in [0, 0.1) is 0 Å². The molecule has 0 aliphatic heterocycles. The van der Waals surface area contributed by atoms with Gasteiger partial charge in [0.1, 0.15) is 10.8 Å². The summed E-state index contributed by atoms with van der Waals surface area (Å²) in [5, 5.41) is 17.8. The fraction of sp³-hybridized carbons (Fsp3) is 0.0667. The molecule has 28 heavy (non-hydrogen) atoms. The van der Waals surface area contributed by atoms with Gasteiger partial charge in [0.2, 0.25) is 0 Å².